The molecule has 0 unspecified atom stereocenters. The fraction of sp³-hybridized carbons (Fsp3) is 0.500. The molecule has 0 saturated carbocycles. The van der Waals surface area contributed by atoms with E-state index in [1.807, 2.05) is 20.8 Å². The summed E-state index contributed by atoms with van der Waals surface area (Å²) in [6.07, 6.45) is 0. The SMILES string of the molecule is CC(C)(C)OC(=O)c1ccc(N2CCOCS2(O)O)cc1. The van der Waals surface area contributed by atoms with Crippen LogP contribution in [0, 0.1) is 0 Å². The number of carbonyl (C=O) groups excluding carboxylic acids is 1. The van der Waals surface area contributed by atoms with E-state index in [2.05, 4.69) is 0 Å². The molecular formula is C14H21NO5S. The minimum Gasteiger partial charge on any atom is -0.456 e. The van der Waals surface area contributed by atoms with Gasteiger partial charge in [0, 0.05) is 0 Å². The molecule has 6 nitrogen and oxygen atoms in total. The average molecular weight is 315 g/mol. The van der Waals surface area contributed by atoms with Gasteiger partial charge in [0.15, 0.2) is 5.94 Å². The maximum atomic E-state index is 11.9. The van der Waals surface area contributed by atoms with Gasteiger partial charge >= 0.3 is 5.97 Å². The summed E-state index contributed by atoms with van der Waals surface area (Å²) >= 11 is 0. The zero-order valence-corrected chi connectivity index (χ0v) is 13.2. The zero-order valence-electron chi connectivity index (χ0n) is 12.4. The molecule has 0 radical (unpaired) electrons. The van der Waals surface area contributed by atoms with Gasteiger partial charge in [-0.2, -0.15) is 0 Å². The minimum absolute atomic E-state index is 0.0964. The number of ether oxygens (including phenoxy) is 2. The molecule has 1 aromatic carbocycles. The molecule has 1 aromatic rings. The lowest BCUT2D eigenvalue weighted by Gasteiger charge is -2.46. The molecule has 1 heterocycles. The van der Waals surface area contributed by atoms with Crippen molar-refractivity contribution in [2.75, 3.05) is 23.4 Å². The van der Waals surface area contributed by atoms with Crippen molar-refractivity contribution in [2.24, 2.45) is 0 Å². The lowest BCUT2D eigenvalue weighted by molar-refractivity contribution is 0.00695. The molecule has 118 valence electrons. The van der Waals surface area contributed by atoms with Gasteiger partial charge in [0.25, 0.3) is 0 Å². The Balaban J connectivity index is 2.13. The van der Waals surface area contributed by atoms with E-state index < -0.39 is 22.3 Å². The van der Waals surface area contributed by atoms with Crippen LogP contribution in [0.4, 0.5) is 5.69 Å². The van der Waals surface area contributed by atoms with E-state index >= 15 is 0 Å². The van der Waals surface area contributed by atoms with E-state index in [0.717, 1.165) is 0 Å². The van der Waals surface area contributed by atoms with Gasteiger partial charge in [0.1, 0.15) is 5.60 Å². The lowest BCUT2D eigenvalue weighted by atomic mass is 10.1. The van der Waals surface area contributed by atoms with Crippen LogP contribution in [0.5, 0.6) is 0 Å². The van der Waals surface area contributed by atoms with Gasteiger partial charge in [-0.05, 0) is 45.0 Å². The van der Waals surface area contributed by atoms with E-state index in [1.54, 1.807) is 24.3 Å². The van der Waals surface area contributed by atoms with Crippen LogP contribution in [0.25, 0.3) is 0 Å². The molecule has 1 aliphatic heterocycles. The maximum Gasteiger partial charge on any atom is 0.338 e. The lowest BCUT2D eigenvalue weighted by Crippen LogP contribution is -2.37. The van der Waals surface area contributed by atoms with Crippen molar-refractivity contribution in [3.05, 3.63) is 29.8 Å². The zero-order chi connectivity index (χ0) is 15.7. The van der Waals surface area contributed by atoms with Crippen LogP contribution in [0.15, 0.2) is 24.3 Å². The Kier molecular flexibility index (Phi) is 4.48. The van der Waals surface area contributed by atoms with E-state index in [0.29, 0.717) is 24.4 Å². The van der Waals surface area contributed by atoms with E-state index in [4.69, 9.17) is 9.47 Å². The van der Waals surface area contributed by atoms with Gasteiger partial charge in [-0.25, -0.2) is 4.79 Å². The standard InChI is InChI=1S/C14H21NO5S/c1-14(2,3)20-13(16)11-4-6-12(7-5-11)15-8-9-19-10-21(15,17)18/h4-7,17-18H,8-10H2,1-3H3. The summed E-state index contributed by atoms with van der Waals surface area (Å²) in [4.78, 5) is 11.9. The van der Waals surface area contributed by atoms with Crippen LogP contribution in [0.2, 0.25) is 0 Å². The summed E-state index contributed by atoms with van der Waals surface area (Å²) in [6.45, 7) is 6.25. The molecule has 0 atom stereocenters. The Morgan fingerprint density at radius 2 is 1.90 bits per heavy atom. The summed E-state index contributed by atoms with van der Waals surface area (Å²) in [5.41, 5.74) is 0.527. The first-order valence-corrected chi connectivity index (χ1v) is 8.31. The second-order valence-electron chi connectivity index (χ2n) is 5.81. The number of hydrogen-bond donors (Lipinski definition) is 2. The Labute approximate surface area is 126 Å². The van der Waals surface area contributed by atoms with E-state index in [1.165, 1.54) is 4.31 Å². The van der Waals surface area contributed by atoms with Crippen LogP contribution in [0.3, 0.4) is 0 Å². The van der Waals surface area contributed by atoms with Crippen molar-refractivity contribution in [3.8, 4) is 0 Å². The largest absolute Gasteiger partial charge is 0.456 e. The number of anilines is 1. The summed E-state index contributed by atoms with van der Waals surface area (Å²) in [6, 6.07) is 6.60. The molecule has 7 heteroatoms. The topological polar surface area (TPSA) is 79.2 Å². The fourth-order valence-corrected chi connectivity index (χ4v) is 3.22. The predicted octanol–water partition coefficient (Wildman–Crippen LogP) is 3.10. The number of rotatable bonds is 2. The number of esters is 1. The van der Waals surface area contributed by atoms with E-state index in [9.17, 15) is 13.9 Å². The number of carbonyl (C=O) groups is 1. The van der Waals surface area contributed by atoms with Crippen molar-refractivity contribution in [1.29, 1.82) is 0 Å². The molecule has 1 aliphatic rings. The second kappa shape index (κ2) is 5.84. The van der Waals surface area contributed by atoms with Crippen molar-refractivity contribution < 1.29 is 23.4 Å². The average Bonchev–Trinajstić information content (AvgIpc) is 2.36. The van der Waals surface area contributed by atoms with Crippen molar-refractivity contribution >= 4 is 22.4 Å². The van der Waals surface area contributed by atoms with Crippen LogP contribution >= 0.6 is 10.8 Å². The quantitative estimate of drug-likeness (QED) is 0.816. The number of benzene rings is 1. The van der Waals surface area contributed by atoms with Gasteiger partial charge in [0.05, 0.1) is 24.4 Å². The summed E-state index contributed by atoms with van der Waals surface area (Å²) in [5.74, 6) is -0.497. The second-order valence-corrected chi connectivity index (χ2v) is 7.75. The smallest absolute Gasteiger partial charge is 0.338 e. The van der Waals surface area contributed by atoms with Gasteiger partial charge in [-0.3, -0.25) is 13.4 Å². The third-order valence-electron chi connectivity index (χ3n) is 2.82. The monoisotopic (exact) mass is 315 g/mol. The molecule has 21 heavy (non-hydrogen) atoms. The molecule has 0 aliphatic carbocycles. The Morgan fingerprint density at radius 1 is 1.29 bits per heavy atom. The van der Waals surface area contributed by atoms with Crippen molar-refractivity contribution in [3.63, 3.8) is 0 Å². The summed E-state index contributed by atoms with van der Waals surface area (Å²) < 4.78 is 31.8. The highest BCUT2D eigenvalue weighted by molar-refractivity contribution is 8.25. The fourth-order valence-electron chi connectivity index (χ4n) is 1.93. The number of hydrogen-bond acceptors (Lipinski definition) is 6. The van der Waals surface area contributed by atoms with Gasteiger partial charge in [-0.1, -0.05) is 10.8 Å². The van der Waals surface area contributed by atoms with Gasteiger partial charge in [-0.15, -0.1) is 0 Å². The minimum atomic E-state index is -2.94. The molecule has 1 saturated heterocycles. The van der Waals surface area contributed by atoms with Crippen molar-refractivity contribution in [2.45, 2.75) is 26.4 Å². The Morgan fingerprint density at radius 3 is 2.43 bits per heavy atom. The predicted molar refractivity (Wildman–Crippen MR) is 82.6 cm³/mol. The molecule has 0 aromatic heterocycles. The first-order chi connectivity index (χ1) is 9.69. The molecule has 2 N–H and O–H groups in total. The maximum absolute atomic E-state index is 11.9. The molecule has 2 rings (SSSR count). The van der Waals surface area contributed by atoms with E-state index in [-0.39, 0.29) is 5.94 Å². The molecule has 0 bridgehead atoms. The van der Waals surface area contributed by atoms with Crippen LogP contribution in [-0.4, -0.2) is 39.8 Å². The first-order valence-electron chi connectivity index (χ1n) is 6.64. The van der Waals surface area contributed by atoms with Crippen LogP contribution < -0.4 is 4.31 Å². The highest BCUT2D eigenvalue weighted by atomic mass is 32.3. The molecule has 1 fully saturated rings. The number of nitrogens with zero attached hydrogens (tertiary/aromatic N) is 1. The van der Waals surface area contributed by atoms with Crippen molar-refractivity contribution in [1.82, 2.24) is 0 Å². The Hall–Kier alpha value is -1.28. The van der Waals surface area contributed by atoms with Gasteiger partial charge in [0.2, 0.25) is 0 Å². The van der Waals surface area contributed by atoms with Crippen LogP contribution in [-0.2, 0) is 9.47 Å². The third-order valence-corrected chi connectivity index (χ3v) is 4.41. The van der Waals surface area contributed by atoms with Crippen LogP contribution in [0.1, 0.15) is 31.1 Å². The van der Waals surface area contributed by atoms with Gasteiger partial charge < -0.3 is 9.47 Å². The molecule has 0 spiro atoms. The highest BCUT2D eigenvalue weighted by Crippen LogP contribution is 2.47. The summed E-state index contributed by atoms with van der Waals surface area (Å²) in [5, 5.41) is 0. The third kappa shape index (κ3) is 4.10. The normalized spacial score (nSPS) is 20.0. The molecular weight excluding hydrogens is 294 g/mol. The first kappa shape index (κ1) is 16.1. The molecule has 0 amide bonds. The Bertz CT molecular complexity index is 509. The summed E-state index contributed by atoms with van der Waals surface area (Å²) in [7, 11) is -2.94. The highest BCUT2D eigenvalue weighted by Gasteiger charge is 2.27.